The van der Waals surface area contributed by atoms with Crippen molar-refractivity contribution >= 4 is 57.0 Å². The Hall–Kier alpha value is -0.850. The molecule has 2 aromatic rings. The van der Waals surface area contributed by atoms with E-state index in [-0.39, 0.29) is 0 Å². The van der Waals surface area contributed by atoms with Crippen molar-refractivity contribution in [3.05, 3.63) is 17.2 Å². The zero-order valence-electron chi connectivity index (χ0n) is 12.0. The van der Waals surface area contributed by atoms with Crippen molar-refractivity contribution in [1.29, 1.82) is 0 Å². The molecule has 0 spiro atoms. The number of nitrogens with one attached hydrogen (secondary N) is 1. The monoisotopic (exact) mass is 340 g/mol. The van der Waals surface area contributed by atoms with E-state index in [1.165, 1.54) is 24.6 Å². The first-order valence-corrected chi connectivity index (χ1v) is 9.12. The number of nitrogens with zero attached hydrogens (tertiary/aromatic N) is 3. The van der Waals surface area contributed by atoms with E-state index < -0.39 is 0 Å². The highest BCUT2D eigenvalue weighted by Gasteiger charge is 2.30. The first-order chi connectivity index (χ1) is 10.2. The van der Waals surface area contributed by atoms with Crippen LogP contribution >= 0.6 is 35.1 Å². The van der Waals surface area contributed by atoms with Crippen molar-refractivity contribution in [2.24, 2.45) is 10.4 Å². The molecule has 0 atom stereocenters. The lowest BCUT2D eigenvalue weighted by Gasteiger charge is -2.33. The molecule has 21 heavy (non-hydrogen) atoms. The Morgan fingerprint density at radius 3 is 2.76 bits per heavy atom. The quantitative estimate of drug-likeness (QED) is 0.882. The van der Waals surface area contributed by atoms with Gasteiger partial charge in [-0.05, 0) is 30.4 Å². The molecule has 0 aliphatic carbocycles. The summed E-state index contributed by atoms with van der Waals surface area (Å²) in [5.41, 5.74) is 2.84. The number of amidine groups is 1. The van der Waals surface area contributed by atoms with Crippen molar-refractivity contribution in [1.82, 2.24) is 8.75 Å². The lowest BCUT2D eigenvalue weighted by Crippen LogP contribution is -2.32. The molecule has 1 aromatic heterocycles. The molecule has 2 heterocycles. The molecule has 1 aliphatic heterocycles. The molecule has 1 aromatic carbocycles. The van der Waals surface area contributed by atoms with Crippen LogP contribution in [-0.4, -0.2) is 26.2 Å². The molecule has 7 heteroatoms. The minimum atomic E-state index is 0.341. The summed E-state index contributed by atoms with van der Waals surface area (Å²) in [6, 6.07) is 3.74. The molecule has 0 unspecified atom stereocenters. The molecule has 4 nitrogen and oxygen atoms in total. The third-order valence-corrected chi connectivity index (χ3v) is 6.30. The van der Waals surface area contributed by atoms with Crippen molar-refractivity contribution in [2.45, 2.75) is 26.7 Å². The van der Waals surface area contributed by atoms with Gasteiger partial charge >= 0.3 is 0 Å². The second kappa shape index (κ2) is 6.10. The SMILES string of the molecule is CCC1(CC)CN=C(Nc2c(Cl)ccc3nsnc23)SC1. The van der Waals surface area contributed by atoms with Gasteiger partial charge in [-0.2, -0.15) is 8.75 Å². The van der Waals surface area contributed by atoms with E-state index >= 15 is 0 Å². The number of fused-ring (bicyclic) bond motifs is 1. The highest BCUT2D eigenvalue weighted by atomic mass is 35.5. The maximum absolute atomic E-state index is 6.30. The van der Waals surface area contributed by atoms with Crippen molar-refractivity contribution in [2.75, 3.05) is 17.6 Å². The van der Waals surface area contributed by atoms with E-state index in [1.807, 2.05) is 12.1 Å². The Morgan fingerprint density at radius 2 is 2.10 bits per heavy atom. The Balaban J connectivity index is 1.85. The highest BCUT2D eigenvalue weighted by molar-refractivity contribution is 8.14. The van der Waals surface area contributed by atoms with Gasteiger partial charge in [0.2, 0.25) is 0 Å². The minimum Gasteiger partial charge on any atom is -0.332 e. The molecule has 0 bridgehead atoms. The van der Waals surface area contributed by atoms with Crippen LogP contribution in [0.25, 0.3) is 11.0 Å². The number of anilines is 1. The van der Waals surface area contributed by atoms with Gasteiger partial charge < -0.3 is 5.32 Å². The Bertz CT molecular complexity index is 679. The Labute approximate surface area is 137 Å². The molecule has 1 N–H and O–H groups in total. The second-order valence-corrected chi connectivity index (χ2v) is 7.20. The number of benzene rings is 1. The minimum absolute atomic E-state index is 0.341. The predicted molar refractivity (Wildman–Crippen MR) is 93.8 cm³/mol. The second-order valence-electron chi connectivity index (χ2n) is 5.30. The zero-order chi connectivity index (χ0) is 14.9. The smallest absolute Gasteiger partial charge is 0.161 e. The first-order valence-electron chi connectivity index (χ1n) is 7.02. The van der Waals surface area contributed by atoms with E-state index in [2.05, 4.69) is 27.9 Å². The van der Waals surface area contributed by atoms with Gasteiger partial charge in [0.25, 0.3) is 0 Å². The van der Waals surface area contributed by atoms with Gasteiger partial charge in [-0.1, -0.05) is 37.2 Å². The van der Waals surface area contributed by atoms with Gasteiger partial charge in [-0.25, -0.2) is 0 Å². The molecule has 3 rings (SSSR count). The van der Waals surface area contributed by atoms with Crippen LogP contribution in [0.15, 0.2) is 17.1 Å². The lowest BCUT2D eigenvalue weighted by molar-refractivity contribution is 0.318. The summed E-state index contributed by atoms with van der Waals surface area (Å²) in [7, 11) is 0. The summed E-state index contributed by atoms with van der Waals surface area (Å²) in [6.07, 6.45) is 2.33. The summed E-state index contributed by atoms with van der Waals surface area (Å²) >= 11 is 9.27. The number of hydrogen-bond acceptors (Lipinski definition) is 6. The fourth-order valence-corrected chi connectivity index (χ4v) is 4.37. The number of aliphatic imine (C=N–C) groups is 1. The fourth-order valence-electron chi connectivity index (χ4n) is 2.36. The predicted octanol–water partition coefficient (Wildman–Crippen LogP) is 4.67. The topological polar surface area (TPSA) is 50.2 Å². The van der Waals surface area contributed by atoms with Crippen LogP contribution < -0.4 is 5.32 Å². The van der Waals surface area contributed by atoms with Gasteiger partial charge in [0.1, 0.15) is 11.0 Å². The first kappa shape index (κ1) is 15.1. The average molecular weight is 341 g/mol. The molecule has 1 aliphatic rings. The van der Waals surface area contributed by atoms with E-state index in [0.717, 1.165) is 34.2 Å². The van der Waals surface area contributed by atoms with Gasteiger partial charge in [0.15, 0.2) is 5.17 Å². The molecule has 0 saturated heterocycles. The maximum Gasteiger partial charge on any atom is 0.161 e. The van der Waals surface area contributed by atoms with E-state index in [0.29, 0.717) is 10.4 Å². The molecule has 0 fully saturated rings. The van der Waals surface area contributed by atoms with Crippen LogP contribution in [0.1, 0.15) is 26.7 Å². The molecule has 112 valence electrons. The Morgan fingerprint density at radius 1 is 1.29 bits per heavy atom. The fraction of sp³-hybridized carbons (Fsp3) is 0.500. The van der Waals surface area contributed by atoms with Crippen molar-refractivity contribution < 1.29 is 0 Å². The van der Waals surface area contributed by atoms with Crippen LogP contribution in [0.5, 0.6) is 0 Å². The van der Waals surface area contributed by atoms with E-state index in [4.69, 9.17) is 16.6 Å². The summed E-state index contributed by atoms with van der Waals surface area (Å²) in [5, 5.41) is 4.93. The normalized spacial score (nSPS) is 17.8. The number of halogens is 1. The molecule has 0 saturated carbocycles. The van der Waals surface area contributed by atoms with Crippen LogP contribution in [0.4, 0.5) is 5.69 Å². The zero-order valence-corrected chi connectivity index (χ0v) is 14.4. The van der Waals surface area contributed by atoms with E-state index in [1.54, 1.807) is 11.8 Å². The summed E-state index contributed by atoms with van der Waals surface area (Å²) in [5.74, 6) is 1.09. The number of aromatic nitrogens is 2. The van der Waals surface area contributed by atoms with E-state index in [9.17, 15) is 0 Å². The third-order valence-electron chi connectivity index (χ3n) is 4.18. The number of thioether (sulfide) groups is 1. The third kappa shape index (κ3) is 2.89. The number of hydrogen-bond donors (Lipinski definition) is 1. The van der Waals surface area contributed by atoms with Gasteiger partial charge in [-0.15, -0.1) is 0 Å². The van der Waals surface area contributed by atoms with Crippen LogP contribution in [0.3, 0.4) is 0 Å². The molecular weight excluding hydrogens is 324 g/mol. The standard InChI is InChI=1S/C14H17ClN4S2/c1-3-14(4-2)7-16-13(20-8-14)17-11-9(15)5-6-10-12(11)19-21-18-10/h5-6H,3-4,7-8H2,1-2H3,(H,16,17). The highest BCUT2D eigenvalue weighted by Crippen LogP contribution is 2.37. The van der Waals surface area contributed by atoms with Crippen LogP contribution in [0, 0.1) is 5.41 Å². The lowest BCUT2D eigenvalue weighted by atomic mass is 9.84. The van der Waals surface area contributed by atoms with Crippen LogP contribution in [-0.2, 0) is 0 Å². The summed E-state index contributed by atoms with van der Waals surface area (Å²) in [6.45, 7) is 5.37. The summed E-state index contributed by atoms with van der Waals surface area (Å²) in [4.78, 5) is 4.72. The average Bonchev–Trinajstić information content (AvgIpc) is 3.00. The van der Waals surface area contributed by atoms with Crippen molar-refractivity contribution in [3.8, 4) is 0 Å². The van der Waals surface area contributed by atoms with Gasteiger partial charge in [0, 0.05) is 12.3 Å². The summed E-state index contributed by atoms with van der Waals surface area (Å²) < 4.78 is 8.57. The largest absolute Gasteiger partial charge is 0.332 e. The maximum atomic E-state index is 6.30. The number of rotatable bonds is 3. The van der Waals surface area contributed by atoms with Crippen molar-refractivity contribution in [3.63, 3.8) is 0 Å². The van der Waals surface area contributed by atoms with Gasteiger partial charge in [0.05, 0.1) is 22.4 Å². The van der Waals surface area contributed by atoms with Crippen LogP contribution in [0.2, 0.25) is 5.02 Å². The van der Waals surface area contributed by atoms with Gasteiger partial charge in [-0.3, -0.25) is 4.99 Å². The molecular formula is C14H17ClN4S2. The molecule has 0 amide bonds. The Kier molecular flexibility index (Phi) is 4.38. The molecule has 0 radical (unpaired) electrons.